The van der Waals surface area contributed by atoms with Gasteiger partial charge in [-0.2, -0.15) is 0 Å². The number of pyridine rings is 1. The first-order chi connectivity index (χ1) is 9.51. The summed E-state index contributed by atoms with van der Waals surface area (Å²) in [7, 11) is 1.29. The second-order valence-electron chi connectivity index (χ2n) is 3.90. The molecule has 1 heterocycles. The minimum atomic E-state index is -0.459. The fourth-order valence-electron chi connectivity index (χ4n) is 1.64. The van der Waals surface area contributed by atoms with Crippen molar-refractivity contribution in [3.8, 4) is 0 Å². The number of ketones is 1. The first-order valence-electron chi connectivity index (χ1n) is 5.57. The third kappa shape index (κ3) is 3.15. The Kier molecular flexibility index (Phi) is 4.37. The molecule has 4 nitrogen and oxygen atoms in total. The molecule has 0 aliphatic heterocycles. The van der Waals surface area contributed by atoms with Gasteiger partial charge in [-0.15, -0.1) is 0 Å². The summed E-state index contributed by atoms with van der Waals surface area (Å²) in [6, 6.07) is 8.98. The van der Waals surface area contributed by atoms with Gasteiger partial charge in [0.05, 0.1) is 12.7 Å². The lowest BCUT2D eigenvalue weighted by Gasteiger charge is -2.04. The highest BCUT2D eigenvalue weighted by Gasteiger charge is 2.12. The van der Waals surface area contributed by atoms with Gasteiger partial charge >= 0.3 is 5.97 Å². The van der Waals surface area contributed by atoms with Crippen LogP contribution in [0.25, 0.3) is 0 Å². The molecule has 2 aromatic rings. The Bertz CT molecular complexity index is 648. The van der Waals surface area contributed by atoms with Crippen molar-refractivity contribution in [2.45, 2.75) is 0 Å². The normalized spacial score (nSPS) is 10.2. The lowest BCUT2D eigenvalue weighted by Crippen LogP contribution is -2.04. The van der Waals surface area contributed by atoms with Gasteiger partial charge in [-0.3, -0.25) is 4.79 Å². The van der Waals surface area contributed by atoms with E-state index in [-0.39, 0.29) is 16.1 Å². The second-order valence-corrected chi connectivity index (χ2v) is 4.67. The van der Waals surface area contributed by atoms with E-state index in [1.165, 1.54) is 43.5 Å². The highest BCUT2D eigenvalue weighted by molar-refractivity contribution is 6.33. The van der Waals surface area contributed by atoms with Crippen LogP contribution in [-0.2, 0) is 4.74 Å². The minimum Gasteiger partial charge on any atom is -0.465 e. The first-order valence-corrected chi connectivity index (χ1v) is 6.33. The van der Waals surface area contributed by atoms with E-state index >= 15 is 0 Å². The van der Waals surface area contributed by atoms with Gasteiger partial charge < -0.3 is 4.74 Å². The number of hydrogen-bond acceptors (Lipinski definition) is 4. The molecule has 1 aromatic carbocycles. The van der Waals surface area contributed by atoms with Gasteiger partial charge in [0.15, 0.2) is 5.78 Å². The maximum atomic E-state index is 12.2. The van der Waals surface area contributed by atoms with Crippen LogP contribution in [0.4, 0.5) is 0 Å². The molecule has 0 fully saturated rings. The summed E-state index contributed by atoms with van der Waals surface area (Å²) in [5.41, 5.74) is 1.12. The molecular weight excluding hydrogens is 301 g/mol. The Morgan fingerprint density at radius 3 is 1.95 bits per heavy atom. The van der Waals surface area contributed by atoms with Crippen molar-refractivity contribution in [1.82, 2.24) is 4.98 Å². The third-order valence-electron chi connectivity index (χ3n) is 2.59. The summed E-state index contributed by atoms with van der Waals surface area (Å²) < 4.78 is 4.59. The Labute approximate surface area is 125 Å². The molecule has 0 aliphatic rings. The van der Waals surface area contributed by atoms with Crippen LogP contribution in [0.2, 0.25) is 10.3 Å². The minimum absolute atomic E-state index is 0.145. The highest BCUT2D eigenvalue weighted by atomic mass is 35.5. The number of rotatable bonds is 3. The Morgan fingerprint density at radius 2 is 1.45 bits per heavy atom. The van der Waals surface area contributed by atoms with Crippen molar-refractivity contribution in [2.24, 2.45) is 0 Å². The second kappa shape index (κ2) is 6.03. The summed E-state index contributed by atoms with van der Waals surface area (Å²) in [4.78, 5) is 27.3. The fourth-order valence-corrected chi connectivity index (χ4v) is 2.10. The molecular formula is C14H9Cl2NO3. The van der Waals surface area contributed by atoms with E-state index in [9.17, 15) is 9.59 Å². The highest BCUT2D eigenvalue weighted by Crippen LogP contribution is 2.18. The summed E-state index contributed by atoms with van der Waals surface area (Å²) in [6.07, 6.45) is 0. The lowest BCUT2D eigenvalue weighted by atomic mass is 10.0. The average molecular weight is 310 g/mol. The molecule has 0 N–H and O–H groups in total. The quantitative estimate of drug-likeness (QED) is 0.495. The first kappa shape index (κ1) is 14.5. The van der Waals surface area contributed by atoms with E-state index in [0.29, 0.717) is 16.7 Å². The lowest BCUT2D eigenvalue weighted by molar-refractivity contribution is 0.0600. The predicted molar refractivity (Wildman–Crippen MR) is 75.5 cm³/mol. The molecule has 0 saturated heterocycles. The number of methoxy groups -OCH3 is 1. The molecule has 0 bridgehead atoms. The summed E-state index contributed by atoms with van der Waals surface area (Å²) in [5.74, 6) is -0.716. The average Bonchev–Trinajstić information content (AvgIpc) is 2.45. The molecule has 0 aliphatic carbocycles. The standard InChI is InChI=1S/C14H9Cl2NO3/c1-20-14(19)9-4-2-8(3-5-9)13(18)10-6-11(15)17-12(16)7-10/h2-7H,1H3. The van der Waals surface area contributed by atoms with Crippen molar-refractivity contribution in [1.29, 1.82) is 0 Å². The van der Waals surface area contributed by atoms with Gasteiger partial charge in [-0.25, -0.2) is 9.78 Å². The predicted octanol–water partition coefficient (Wildman–Crippen LogP) is 3.41. The SMILES string of the molecule is COC(=O)c1ccc(C(=O)c2cc(Cl)nc(Cl)c2)cc1. The van der Waals surface area contributed by atoms with Gasteiger partial charge in [0.1, 0.15) is 10.3 Å². The zero-order chi connectivity index (χ0) is 14.7. The van der Waals surface area contributed by atoms with Crippen LogP contribution < -0.4 is 0 Å². The maximum absolute atomic E-state index is 12.2. The number of ether oxygens (including phenoxy) is 1. The molecule has 2 rings (SSSR count). The van der Waals surface area contributed by atoms with E-state index in [1.54, 1.807) is 0 Å². The molecule has 0 saturated carbocycles. The van der Waals surface area contributed by atoms with E-state index in [1.807, 2.05) is 0 Å². The topological polar surface area (TPSA) is 56.3 Å². The zero-order valence-corrected chi connectivity index (χ0v) is 11.9. The van der Waals surface area contributed by atoms with Crippen molar-refractivity contribution < 1.29 is 14.3 Å². The van der Waals surface area contributed by atoms with Crippen LogP contribution in [0.15, 0.2) is 36.4 Å². The van der Waals surface area contributed by atoms with E-state index in [0.717, 1.165) is 0 Å². The summed E-state index contributed by atoms with van der Waals surface area (Å²) in [6.45, 7) is 0. The Morgan fingerprint density at radius 1 is 0.950 bits per heavy atom. The number of esters is 1. The van der Waals surface area contributed by atoms with Crippen LogP contribution in [0, 0.1) is 0 Å². The maximum Gasteiger partial charge on any atom is 0.337 e. The molecule has 0 atom stereocenters. The number of hydrogen-bond donors (Lipinski definition) is 0. The summed E-state index contributed by atoms with van der Waals surface area (Å²) in [5, 5.41) is 0.291. The molecule has 6 heteroatoms. The van der Waals surface area contributed by atoms with Crippen molar-refractivity contribution >= 4 is 35.0 Å². The number of aromatic nitrogens is 1. The molecule has 102 valence electrons. The van der Waals surface area contributed by atoms with Gasteiger partial charge in [-0.1, -0.05) is 35.3 Å². The summed E-state index contributed by atoms with van der Waals surface area (Å²) >= 11 is 11.5. The number of benzene rings is 1. The molecule has 1 aromatic heterocycles. The van der Waals surface area contributed by atoms with Gasteiger partial charge in [0.2, 0.25) is 0 Å². The largest absolute Gasteiger partial charge is 0.465 e. The molecule has 0 unspecified atom stereocenters. The van der Waals surface area contributed by atoms with Crippen LogP contribution in [-0.4, -0.2) is 23.8 Å². The monoisotopic (exact) mass is 309 g/mol. The Balaban J connectivity index is 2.31. The van der Waals surface area contributed by atoms with Gasteiger partial charge in [-0.05, 0) is 24.3 Å². The molecule has 20 heavy (non-hydrogen) atoms. The number of halogens is 2. The molecule has 0 amide bonds. The Hall–Kier alpha value is -1.91. The fraction of sp³-hybridized carbons (Fsp3) is 0.0714. The smallest absolute Gasteiger partial charge is 0.337 e. The molecule has 0 spiro atoms. The van der Waals surface area contributed by atoms with Crippen LogP contribution in [0.5, 0.6) is 0 Å². The van der Waals surface area contributed by atoms with Crippen molar-refractivity contribution in [3.05, 3.63) is 63.4 Å². The third-order valence-corrected chi connectivity index (χ3v) is 2.98. The number of carbonyl (C=O) groups excluding carboxylic acids is 2. The van der Waals surface area contributed by atoms with E-state index in [4.69, 9.17) is 23.2 Å². The van der Waals surface area contributed by atoms with Crippen LogP contribution >= 0.6 is 23.2 Å². The molecule has 0 radical (unpaired) electrons. The van der Waals surface area contributed by atoms with Crippen LogP contribution in [0.3, 0.4) is 0 Å². The number of nitrogens with zero attached hydrogens (tertiary/aromatic N) is 1. The van der Waals surface area contributed by atoms with Gasteiger partial charge in [0, 0.05) is 11.1 Å². The number of carbonyl (C=O) groups is 2. The zero-order valence-electron chi connectivity index (χ0n) is 10.4. The van der Waals surface area contributed by atoms with E-state index in [2.05, 4.69) is 9.72 Å². The van der Waals surface area contributed by atoms with Gasteiger partial charge in [0.25, 0.3) is 0 Å². The van der Waals surface area contributed by atoms with E-state index < -0.39 is 5.97 Å². The van der Waals surface area contributed by atoms with Crippen molar-refractivity contribution in [2.75, 3.05) is 7.11 Å². The van der Waals surface area contributed by atoms with Crippen molar-refractivity contribution in [3.63, 3.8) is 0 Å². The van der Waals surface area contributed by atoms with Crippen LogP contribution in [0.1, 0.15) is 26.3 Å².